The Kier molecular flexibility index (Phi) is 8.17. The molecule has 1 N–H and O–H groups in total. The Labute approximate surface area is 153 Å². The van der Waals surface area contributed by atoms with Crippen LogP contribution in [-0.2, 0) is 17.6 Å². The smallest absolute Gasteiger partial charge is 0.108 e. The second-order valence-corrected chi connectivity index (χ2v) is 7.19. The molecule has 0 unspecified atom stereocenters. The summed E-state index contributed by atoms with van der Waals surface area (Å²) < 4.78 is 6.30. The lowest BCUT2D eigenvalue weighted by atomic mass is 9.97. The molecular formula is C23H34NO+. The molecule has 2 aromatic rings. The predicted octanol–water partition coefficient (Wildman–Crippen LogP) is 3.84. The number of rotatable bonds is 10. The van der Waals surface area contributed by atoms with E-state index in [-0.39, 0.29) is 6.10 Å². The van der Waals surface area contributed by atoms with Crippen LogP contribution in [0.2, 0.25) is 0 Å². The molecule has 136 valence electrons. The molecule has 0 saturated carbocycles. The molecule has 0 spiro atoms. The summed E-state index contributed by atoms with van der Waals surface area (Å²) in [7, 11) is 4.33. The van der Waals surface area contributed by atoms with Gasteiger partial charge in [0, 0.05) is 0 Å². The second kappa shape index (κ2) is 10.4. The van der Waals surface area contributed by atoms with Gasteiger partial charge >= 0.3 is 0 Å². The SMILES string of the molecule is CCCc1ccc(C(OCC[NH+](C)C)c2ccc(CCC)cc2)cc1. The first kappa shape index (κ1) is 19.7. The van der Waals surface area contributed by atoms with Crippen LogP contribution in [0.3, 0.4) is 0 Å². The fourth-order valence-corrected chi connectivity index (χ4v) is 3.06. The fraction of sp³-hybridized carbons (Fsp3) is 0.478. The van der Waals surface area contributed by atoms with E-state index in [0.29, 0.717) is 0 Å². The monoisotopic (exact) mass is 340 g/mol. The molecule has 0 aliphatic carbocycles. The summed E-state index contributed by atoms with van der Waals surface area (Å²) in [6, 6.07) is 17.9. The third-order valence-electron chi connectivity index (χ3n) is 4.53. The highest BCUT2D eigenvalue weighted by Gasteiger charge is 2.15. The molecule has 0 aliphatic rings. The molecule has 0 fully saturated rings. The van der Waals surface area contributed by atoms with E-state index in [1.807, 2.05) is 0 Å². The number of quaternary nitrogens is 1. The maximum atomic E-state index is 6.30. The van der Waals surface area contributed by atoms with Gasteiger partial charge in [0.15, 0.2) is 0 Å². The Morgan fingerprint density at radius 3 is 1.56 bits per heavy atom. The number of ether oxygens (including phenoxy) is 1. The quantitative estimate of drug-likeness (QED) is 0.694. The van der Waals surface area contributed by atoms with E-state index >= 15 is 0 Å². The third kappa shape index (κ3) is 6.30. The molecule has 0 saturated heterocycles. The van der Waals surface area contributed by atoms with Crippen molar-refractivity contribution in [3.63, 3.8) is 0 Å². The minimum Gasteiger partial charge on any atom is -0.363 e. The number of hydrogen-bond acceptors (Lipinski definition) is 1. The Bertz CT molecular complexity index is 551. The molecule has 2 aromatic carbocycles. The molecule has 0 aliphatic heterocycles. The van der Waals surface area contributed by atoms with Crippen LogP contribution in [0.4, 0.5) is 0 Å². The van der Waals surface area contributed by atoms with Gasteiger partial charge in [0.1, 0.15) is 12.6 Å². The summed E-state index contributed by atoms with van der Waals surface area (Å²) in [5.74, 6) is 0. The number of likely N-dealkylation sites (N-methyl/N-ethyl adjacent to an activating group) is 1. The largest absolute Gasteiger partial charge is 0.363 e. The van der Waals surface area contributed by atoms with Crippen molar-refractivity contribution in [2.24, 2.45) is 0 Å². The Balaban J connectivity index is 2.19. The van der Waals surface area contributed by atoms with Crippen LogP contribution in [0.1, 0.15) is 55.0 Å². The lowest BCUT2D eigenvalue weighted by Crippen LogP contribution is -3.06. The van der Waals surface area contributed by atoms with Crippen molar-refractivity contribution < 1.29 is 9.64 Å². The highest BCUT2D eigenvalue weighted by atomic mass is 16.5. The van der Waals surface area contributed by atoms with Crippen LogP contribution in [-0.4, -0.2) is 27.2 Å². The molecule has 0 bridgehead atoms. The van der Waals surface area contributed by atoms with Gasteiger partial charge in [-0.15, -0.1) is 0 Å². The standard InChI is InChI=1S/C23H33NO/c1-5-7-19-9-13-21(14-10-19)23(25-18-17-24(3)4)22-15-11-20(8-6-2)12-16-22/h9-16,23H,5-8,17-18H2,1-4H3/p+1. The van der Waals surface area contributed by atoms with Crippen molar-refractivity contribution >= 4 is 0 Å². The molecule has 2 heteroatoms. The summed E-state index contributed by atoms with van der Waals surface area (Å²) in [5, 5.41) is 0. The predicted molar refractivity (Wildman–Crippen MR) is 106 cm³/mol. The molecule has 0 radical (unpaired) electrons. The molecule has 2 nitrogen and oxygen atoms in total. The van der Waals surface area contributed by atoms with Gasteiger partial charge in [-0.2, -0.15) is 0 Å². The van der Waals surface area contributed by atoms with Crippen LogP contribution in [0.25, 0.3) is 0 Å². The first-order valence-corrected chi connectivity index (χ1v) is 9.72. The number of hydrogen-bond donors (Lipinski definition) is 1. The van der Waals surface area contributed by atoms with Gasteiger partial charge < -0.3 is 9.64 Å². The van der Waals surface area contributed by atoms with Crippen molar-refractivity contribution in [2.45, 2.75) is 45.6 Å². The topological polar surface area (TPSA) is 13.7 Å². The highest BCUT2D eigenvalue weighted by Crippen LogP contribution is 2.27. The van der Waals surface area contributed by atoms with E-state index in [2.05, 4.69) is 76.5 Å². The van der Waals surface area contributed by atoms with E-state index in [0.717, 1.165) is 26.0 Å². The minimum atomic E-state index is 0.0192. The van der Waals surface area contributed by atoms with E-state index in [1.165, 1.54) is 40.0 Å². The van der Waals surface area contributed by atoms with E-state index in [1.54, 1.807) is 0 Å². The second-order valence-electron chi connectivity index (χ2n) is 7.19. The van der Waals surface area contributed by atoms with Crippen molar-refractivity contribution in [3.05, 3.63) is 70.8 Å². The van der Waals surface area contributed by atoms with Gasteiger partial charge in [-0.3, -0.25) is 0 Å². The van der Waals surface area contributed by atoms with Gasteiger partial charge in [-0.05, 0) is 35.1 Å². The molecule has 0 amide bonds. The fourth-order valence-electron chi connectivity index (χ4n) is 3.06. The maximum absolute atomic E-state index is 6.30. The summed E-state index contributed by atoms with van der Waals surface area (Å²) in [6.45, 7) is 6.22. The molecule has 2 rings (SSSR count). The summed E-state index contributed by atoms with van der Waals surface area (Å²) in [5.41, 5.74) is 5.30. The molecule has 0 atom stereocenters. The average Bonchev–Trinajstić information content (AvgIpc) is 2.61. The Morgan fingerprint density at radius 2 is 1.20 bits per heavy atom. The van der Waals surface area contributed by atoms with Gasteiger partial charge in [-0.25, -0.2) is 0 Å². The van der Waals surface area contributed by atoms with Crippen molar-refractivity contribution in [2.75, 3.05) is 27.2 Å². The molecular weight excluding hydrogens is 306 g/mol. The van der Waals surface area contributed by atoms with Gasteiger partial charge in [0.05, 0.1) is 20.7 Å². The van der Waals surface area contributed by atoms with E-state index < -0.39 is 0 Å². The van der Waals surface area contributed by atoms with Crippen molar-refractivity contribution in [1.82, 2.24) is 0 Å². The first-order chi connectivity index (χ1) is 12.1. The lowest BCUT2D eigenvalue weighted by molar-refractivity contribution is -0.858. The average molecular weight is 341 g/mol. The van der Waals surface area contributed by atoms with Crippen LogP contribution < -0.4 is 4.90 Å². The summed E-state index contributed by atoms with van der Waals surface area (Å²) in [4.78, 5) is 1.41. The lowest BCUT2D eigenvalue weighted by Gasteiger charge is -2.20. The van der Waals surface area contributed by atoms with Crippen LogP contribution in [0.5, 0.6) is 0 Å². The van der Waals surface area contributed by atoms with Crippen LogP contribution in [0.15, 0.2) is 48.5 Å². The zero-order valence-corrected chi connectivity index (χ0v) is 16.3. The zero-order valence-electron chi connectivity index (χ0n) is 16.3. The van der Waals surface area contributed by atoms with Gasteiger partial charge in [0.25, 0.3) is 0 Å². The molecule has 25 heavy (non-hydrogen) atoms. The maximum Gasteiger partial charge on any atom is 0.108 e. The van der Waals surface area contributed by atoms with E-state index in [9.17, 15) is 0 Å². The zero-order chi connectivity index (χ0) is 18.1. The number of benzene rings is 2. The third-order valence-corrected chi connectivity index (χ3v) is 4.53. The number of aryl methyl sites for hydroxylation is 2. The first-order valence-electron chi connectivity index (χ1n) is 9.72. The number of nitrogens with one attached hydrogen (secondary N) is 1. The van der Waals surface area contributed by atoms with Crippen LogP contribution >= 0.6 is 0 Å². The molecule has 0 aromatic heterocycles. The van der Waals surface area contributed by atoms with Crippen LogP contribution in [0, 0.1) is 0 Å². The Morgan fingerprint density at radius 1 is 0.760 bits per heavy atom. The Hall–Kier alpha value is -1.64. The van der Waals surface area contributed by atoms with Crippen molar-refractivity contribution in [3.8, 4) is 0 Å². The molecule has 0 heterocycles. The summed E-state index contributed by atoms with van der Waals surface area (Å²) in [6.07, 6.45) is 4.67. The van der Waals surface area contributed by atoms with Gasteiger partial charge in [-0.1, -0.05) is 75.2 Å². The highest BCUT2D eigenvalue weighted by molar-refractivity contribution is 5.34. The minimum absolute atomic E-state index is 0.0192. The normalized spacial score (nSPS) is 11.4. The summed E-state index contributed by atoms with van der Waals surface area (Å²) >= 11 is 0. The van der Waals surface area contributed by atoms with E-state index in [4.69, 9.17) is 4.74 Å². The van der Waals surface area contributed by atoms with Crippen molar-refractivity contribution in [1.29, 1.82) is 0 Å². The van der Waals surface area contributed by atoms with Gasteiger partial charge in [0.2, 0.25) is 0 Å².